The van der Waals surface area contributed by atoms with E-state index in [1.807, 2.05) is 0 Å². The molecule has 11 heteroatoms. The van der Waals surface area contributed by atoms with Crippen molar-refractivity contribution < 1.29 is 33.5 Å². The van der Waals surface area contributed by atoms with Gasteiger partial charge in [-0.15, -0.1) is 0 Å². The number of non-ortho nitro benzene ring substituents is 1. The van der Waals surface area contributed by atoms with Gasteiger partial charge in [-0.25, -0.2) is 4.79 Å². The number of carbonyl (C=O) groups is 2. The van der Waals surface area contributed by atoms with E-state index in [9.17, 15) is 19.7 Å². The van der Waals surface area contributed by atoms with Gasteiger partial charge in [0.2, 0.25) is 5.75 Å². The summed E-state index contributed by atoms with van der Waals surface area (Å²) in [5.41, 5.74) is 0.508. The summed E-state index contributed by atoms with van der Waals surface area (Å²) in [5, 5.41) is 13.2. The summed E-state index contributed by atoms with van der Waals surface area (Å²) in [6, 6.07) is 6.86. The molecule has 0 radical (unpaired) electrons. The molecular weight excluding hydrogens is 444 g/mol. The minimum Gasteiger partial charge on any atom is -0.493 e. The summed E-state index contributed by atoms with van der Waals surface area (Å²) in [6.07, 6.45) is 1.45. The molecule has 2 aromatic carbocycles. The van der Waals surface area contributed by atoms with Crippen molar-refractivity contribution in [3.05, 3.63) is 57.1 Å². The van der Waals surface area contributed by atoms with E-state index in [1.54, 1.807) is 12.1 Å². The first-order chi connectivity index (χ1) is 15.2. The van der Waals surface area contributed by atoms with Gasteiger partial charge in [-0.3, -0.25) is 14.9 Å². The van der Waals surface area contributed by atoms with Gasteiger partial charge >= 0.3 is 5.97 Å². The maximum absolute atomic E-state index is 12.3. The van der Waals surface area contributed by atoms with Crippen LogP contribution in [0.2, 0.25) is 5.02 Å². The van der Waals surface area contributed by atoms with Crippen molar-refractivity contribution in [3.8, 4) is 17.2 Å². The first-order valence-corrected chi connectivity index (χ1v) is 9.51. The predicted octanol–water partition coefficient (Wildman–Crippen LogP) is 3.86. The number of nitro groups is 1. The normalized spacial score (nSPS) is 11.5. The summed E-state index contributed by atoms with van der Waals surface area (Å²) in [7, 11) is 4.41. The van der Waals surface area contributed by atoms with Crippen molar-refractivity contribution in [2.45, 2.75) is 13.0 Å². The van der Waals surface area contributed by atoms with Crippen LogP contribution in [-0.2, 0) is 14.3 Å². The number of esters is 1. The van der Waals surface area contributed by atoms with Gasteiger partial charge in [-0.2, -0.15) is 0 Å². The van der Waals surface area contributed by atoms with Gasteiger partial charge in [0.15, 0.2) is 17.6 Å². The van der Waals surface area contributed by atoms with Crippen LogP contribution < -0.4 is 19.5 Å². The van der Waals surface area contributed by atoms with Crippen LogP contribution in [0.5, 0.6) is 17.2 Å². The molecule has 1 atom stereocenters. The molecule has 2 rings (SSSR count). The van der Waals surface area contributed by atoms with Crippen LogP contribution in [-0.4, -0.2) is 44.2 Å². The first kappa shape index (κ1) is 24.5. The largest absolute Gasteiger partial charge is 0.493 e. The van der Waals surface area contributed by atoms with E-state index >= 15 is 0 Å². The SMILES string of the molecule is COc1cc(/C=C/C(=O)OC(C)C(=O)Nc2ccc([N+](=O)[O-])cc2Cl)cc(OC)c1OC. The average Bonchev–Trinajstić information content (AvgIpc) is 2.77. The highest BCUT2D eigenvalue weighted by molar-refractivity contribution is 6.34. The Kier molecular flexibility index (Phi) is 8.42. The summed E-state index contributed by atoms with van der Waals surface area (Å²) in [4.78, 5) is 34.6. The van der Waals surface area contributed by atoms with E-state index in [0.717, 1.165) is 12.1 Å². The Hall–Kier alpha value is -3.79. The molecule has 0 saturated carbocycles. The molecule has 0 bridgehead atoms. The van der Waals surface area contributed by atoms with Crippen molar-refractivity contribution in [1.29, 1.82) is 0 Å². The molecule has 0 aliphatic rings. The lowest BCUT2D eigenvalue weighted by molar-refractivity contribution is -0.384. The molecule has 0 heterocycles. The van der Waals surface area contributed by atoms with Crippen LogP contribution >= 0.6 is 11.6 Å². The molecule has 1 N–H and O–H groups in total. The third-order valence-electron chi connectivity index (χ3n) is 4.18. The number of nitro benzene ring substituents is 1. The lowest BCUT2D eigenvalue weighted by Crippen LogP contribution is -2.29. The summed E-state index contributed by atoms with van der Waals surface area (Å²) in [5.74, 6) is -0.198. The number of benzene rings is 2. The Morgan fingerprint density at radius 3 is 2.22 bits per heavy atom. The highest BCUT2D eigenvalue weighted by Gasteiger charge is 2.19. The second kappa shape index (κ2) is 11.0. The highest BCUT2D eigenvalue weighted by Crippen LogP contribution is 2.38. The number of hydrogen-bond acceptors (Lipinski definition) is 8. The Morgan fingerprint density at radius 2 is 1.72 bits per heavy atom. The van der Waals surface area contributed by atoms with Gasteiger partial charge in [-0.1, -0.05) is 11.6 Å². The maximum atomic E-state index is 12.3. The minimum atomic E-state index is -1.15. The van der Waals surface area contributed by atoms with Gasteiger partial charge in [0.05, 0.1) is 37.0 Å². The van der Waals surface area contributed by atoms with E-state index < -0.39 is 22.9 Å². The predicted molar refractivity (Wildman–Crippen MR) is 117 cm³/mol. The van der Waals surface area contributed by atoms with Gasteiger partial charge in [0.1, 0.15) is 0 Å². The zero-order chi connectivity index (χ0) is 23.8. The quantitative estimate of drug-likeness (QED) is 0.256. The molecule has 0 saturated heterocycles. The monoisotopic (exact) mass is 464 g/mol. The van der Waals surface area contributed by atoms with E-state index in [2.05, 4.69) is 5.32 Å². The fourth-order valence-corrected chi connectivity index (χ4v) is 2.80. The molecule has 1 amide bonds. The lowest BCUT2D eigenvalue weighted by atomic mass is 10.1. The van der Waals surface area contributed by atoms with E-state index in [1.165, 1.54) is 46.5 Å². The fraction of sp³-hybridized carbons (Fsp3) is 0.238. The Morgan fingerprint density at radius 1 is 1.09 bits per heavy atom. The molecule has 0 spiro atoms. The van der Waals surface area contributed by atoms with Gasteiger partial charge in [0.25, 0.3) is 11.6 Å². The van der Waals surface area contributed by atoms with Gasteiger partial charge < -0.3 is 24.3 Å². The molecule has 0 aliphatic carbocycles. The number of halogens is 1. The number of carbonyl (C=O) groups excluding carboxylic acids is 2. The second-order valence-electron chi connectivity index (χ2n) is 6.28. The zero-order valence-corrected chi connectivity index (χ0v) is 18.5. The lowest BCUT2D eigenvalue weighted by Gasteiger charge is -2.13. The topological polar surface area (TPSA) is 126 Å². The number of nitrogens with zero attached hydrogens (tertiary/aromatic N) is 1. The number of nitrogens with one attached hydrogen (secondary N) is 1. The van der Waals surface area contributed by atoms with Crippen LogP contribution in [0, 0.1) is 10.1 Å². The van der Waals surface area contributed by atoms with Crippen LogP contribution in [0.1, 0.15) is 12.5 Å². The van der Waals surface area contributed by atoms with Crippen molar-refractivity contribution in [1.82, 2.24) is 0 Å². The van der Waals surface area contributed by atoms with Crippen molar-refractivity contribution in [2.75, 3.05) is 26.6 Å². The van der Waals surface area contributed by atoms with Crippen LogP contribution in [0.25, 0.3) is 6.08 Å². The van der Waals surface area contributed by atoms with Crippen LogP contribution in [0.4, 0.5) is 11.4 Å². The highest BCUT2D eigenvalue weighted by atomic mass is 35.5. The van der Waals surface area contributed by atoms with E-state index in [0.29, 0.717) is 22.8 Å². The van der Waals surface area contributed by atoms with Crippen molar-refractivity contribution >= 4 is 40.9 Å². The molecular formula is C21H21ClN2O8. The average molecular weight is 465 g/mol. The molecule has 32 heavy (non-hydrogen) atoms. The Labute approximate surface area is 188 Å². The molecule has 10 nitrogen and oxygen atoms in total. The zero-order valence-electron chi connectivity index (χ0n) is 17.7. The van der Waals surface area contributed by atoms with Gasteiger partial charge in [0, 0.05) is 18.2 Å². The van der Waals surface area contributed by atoms with E-state index in [4.69, 9.17) is 30.5 Å². The Balaban J connectivity index is 2.04. The van der Waals surface area contributed by atoms with Crippen molar-refractivity contribution in [3.63, 3.8) is 0 Å². The third-order valence-corrected chi connectivity index (χ3v) is 4.50. The van der Waals surface area contributed by atoms with Gasteiger partial charge in [-0.05, 0) is 36.8 Å². The number of hydrogen-bond donors (Lipinski definition) is 1. The third kappa shape index (κ3) is 6.11. The molecule has 2 aromatic rings. The smallest absolute Gasteiger partial charge is 0.331 e. The molecule has 0 aromatic heterocycles. The summed E-state index contributed by atoms with van der Waals surface area (Å²) < 4.78 is 20.8. The Bertz CT molecular complexity index is 1030. The number of amides is 1. The number of anilines is 1. The number of rotatable bonds is 9. The van der Waals surface area contributed by atoms with Crippen LogP contribution in [0.15, 0.2) is 36.4 Å². The molecule has 170 valence electrons. The summed E-state index contributed by atoms with van der Waals surface area (Å²) >= 11 is 5.95. The fourth-order valence-electron chi connectivity index (χ4n) is 2.58. The number of ether oxygens (including phenoxy) is 4. The standard InChI is InChI=1S/C21H21ClN2O8/c1-12(21(26)23-16-7-6-14(24(27)28)11-15(16)22)32-19(25)8-5-13-9-17(29-2)20(31-4)18(10-13)30-3/h5-12H,1-4H3,(H,23,26)/b8-5+. The van der Waals surface area contributed by atoms with Crippen molar-refractivity contribution in [2.24, 2.45) is 0 Å². The molecule has 0 aliphatic heterocycles. The van der Waals surface area contributed by atoms with Crippen LogP contribution in [0.3, 0.4) is 0 Å². The maximum Gasteiger partial charge on any atom is 0.331 e. The molecule has 0 fully saturated rings. The van der Waals surface area contributed by atoms with E-state index in [-0.39, 0.29) is 16.4 Å². The molecule has 1 unspecified atom stereocenters. The minimum absolute atomic E-state index is 0.0200. The number of methoxy groups -OCH3 is 3. The summed E-state index contributed by atoms with van der Waals surface area (Å²) in [6.45, 7) is 1.37. The first-order valence-electron chi connectivity index (χ1n) is 9.13. The second-order valence-corrected chi connectivity index (χ2v) is 6.69.